The van der Waals surface area contributed by atoms with E-state index in [2.05, 4.69) is 17.2 Å². The summed E-state index contributed by atoms with van der Waals surface area (Å²) in [6, 6.07) is 3.42. The third kappa shape index (κ3) is 4.97. The van der Waals surface area contributed by atoms with Crippen molar-refractivity contribution in [1.29, 1.82) is 0 Å². The number of hydrogen-bond acceptors (Lipinski definition) is 2. The van der Waals surface area contributed by atoms with Crippen LogP contribution in [-0.4, -0.2) is 25.4 Å². The Hall–Kier alpha value is -1.88. The van der Waals surface area contributed by atoms with Crippen molar-refractivity contribution in [2.75, 3.05) is 13.6 Å². The van der Waals surface area contributed by atoms with Crippen LogP contribution < -0.4 is 27.6 Å². The van der Waals surface area contributed by atoms with Crippen LogP contribution in [0.3, 0.4) is 0 Å². The lowest BCUT2D eigenvalue weighted by Crippen LogP contribution is -3.00. The Morgan fingerprint density at radius 2 is 2.22 bits per heavy atom. The summed E-state index contributed by atoms with van der Waals surface area (Å²) in [6.45, 7) is 4.13. The van der Waals surface area contributed by atoms with Crippen molar-refractivity contribution in [2.24, 2.45) is 0 Å². The van der Waals surface area contributed by atoms with Crippen LogP contribution in [0.15, 0.2) is 37.2 Å². The van der Waals surface area contributed by atoms with E-state index in [1.807, 2.05) is 0 Å². The summed E-state index contributed by atoms with van der Waals surface area (Å²) in [7, 11) is 1.57. The Labute approximate surface area is 112 Å². The minimum atomic E-state index is -0.175. The molecule has 2 N–H and O–H groups in total. The summed E-state index contributed by atoms with van der Waals surface area (Å²) in [5.74, 6) is -0.296. The van der Waals surface area contributed by atoms with Crippen LogP contribution in [0.1, 0.15) is 10.4 Å². The number of amides is 2. The normalized spacial score (nSPS) is 8.94. The number of pyridine rings is 1. The lowest BCUT2D eigenvalue weighted by atomic mass is 10.2. The van der Waals surface area contributed by atoms with Gasteiger partial charge in [0.2, 0.25) is 6.54 Å². The van der Waals surface area contributed by atoms with Crippen LogP contribution in [0, 0.1) is 0 Å². The standard InChI is InChI=1S/C12H15N3O2.ClH/c1-3-6-14-11(16)9-15-7-4-5-10(8-15)12(17)13-2;/h3-5,7-8H,1,6,9H2,2H3,(H-,13,14,16,17);1H. The Morgan fingerprint density at radius 3 is 2.83 bits per heavy atom. The van der Waals surface area contributed by atoms with Gasteiger partial charge in [0.25, 0.3) is 11.8 Å². The van der Waals surface area contributed by atoms with Gasteiger partial charge in [-0.1, -0.05) is 6.08 Å². The lowest BCUT2D eigenvalue weighted by molar-refractivity contribution is -0.684. The molecule has 0 aliphatic heterocycles. The van der Waals surface area contributed by atoms with Crippen molar-refractivity contribution in [2.45, 2.75) is 6.54 Å². The molecule has 1 aromatic rings. The molecule has 2 amide bonds. The Morgan fingerprint density at radius 1 is 1.50 bits per heavy atom. The Kier molecular flexibility index (Phi) is 7.38. The summed E-state index contributed by atoms with van der Waals surface area (Å²) in [5.41, 5.74) is 0.520. The minimum Gasteiger partial charge on any atom is -1.00 e. The second kappa shape index (κ2) is 8.25. The SMILES string of the molecule is C=CCNC(=O)C[n+]1cccc(C(=O)NC)c1.[Cl-]. The highest BCUT2D eigenvalue weighted by molar-refractivity contribution is 5.93. The molecule has 0 aliphatic rings. The molecule has 1 rings (SSSR count). The van der Waals surface area contributed by atoms with Crippen molar-refractivity contribution in [3.63, 3.8) is 0 Å². The van der Waals surface area contributed by atoms with E-state index < -0.39 is 0 Å². The molecule has 0 radical (unpaired) electrons. The molecule has 0 aliphatic carbocycles. The third-order valence-corrected chi connectivity index (χ3v) is 2.12. The molecule has 0 aromatic carbocycles. The number of nitrogens with one attached hydrogen (secondary N) is 2. The number of carbonyl (C=O) groups is 2. The molecule has 0 unspecified atom stereocenters. The highest BCUT2D eigenvalue weighted by Crippen LogP contribution is 1.93. The third-order valence-electron chi connectivity index (χ3n) is 2.12. The van der Waals surface area contributed by atoms with Gasteiger partial charge >= 0.3 is 0 Å². The van der Waals surface area contributed by atoms with Crippen molar-refractivity contribution < 1.29 is 26.6 Å². The first-order valence-electron chi connectivity index (χ1n) is 5.26. The van der Waals surface area contributed by atoms with Crippen LogP contribution >= 0.6 is 0 Å². The van der Waals surface area contributed by atoms with Gasteiger partial charge in [-0.3, -0.25) is 9.59 Å². The van der Waals surface area contributed by atoms with E-state index >= 15 is 0 Å². The van der Waals surface area contributed by atoms with E-state index in [-0.39, 0.29) is 30.8 Å². The monoisotopic (exact) mass is 269 g/mol. The minimum absolute atomic E-state index is 0. The van der Waals surface area contributed by atoms with Crippen molar-refractivity contribution in [3.8, 4) is 0 Å². The molecule has 1 aromatic heterocycles. The molecule has 0 saturated carbocycles. The van der Waals surface area contributed by atoms with E-state index in [9.17, 15) is 9.59 Å². The summed E-state index contributed by atoms with van der Waals surface area (Å²) in [6.07, 6.45) is 4.98. The first-order valence-corrected chi connectivity index (χ1v) is 5.26. The maximum atomic E-state index is 11.4. The molecule has 0 bridgehead atoms. The predicted octanol–water partition coefficient (Wildman–Crippen LogP) is -3.36. The fourth-order valence-electron chi connectivity index (χ4n) is 1.31. The number of rotatable bonds is 5. The summed E-state index contributed by atoms with van der Waals surface area (Å²) >= 11 is 0. The number of halogens is 1. The zero-order valence-corrected chi connectivity index (χ0v) is 10.9. The van der Waals surface area contributed by atoms with Crippen molar-refractivity contribution >= 4 is 11.8 Å². The zero-order valence-electron chi connectivity index (χ0n) is 10.1. The average Bonchev–Trinajstić information content (AvgIpc) is 2.35. The second-order valence-corrected chi connectivity index (χ2v) is 3.44. The molecule has 98 valence electrons. The quantitative estimate of drug-likeness (QED) is 0.433. The Balaban J connectivity index is 0.00000289. The predicted molar refractivity (Wildman–Crippen MR) is 63.2 cm³/mol. The molecule has 1 heterocycles. The number of aromatic nitrogens is 1. The molecular formula is C12H16ClN3O2. The summed E-state index contributed by atoms with van der Waals surface area (Å²) in [4.78, 5) is 22.8. The van der Waals surface area contributed by atoms with Gasteiger partial charge in [0.15, 0.2) is 12.4 Å². The smallest absolute Gasteiger partial charge is 0.286 e. The fraction of sp³-hybridized carbons (Fsp3) is 0.250. The first-order chi connectivity index (χ1) is 8.17. The zero-order chi connectivity index (χ0) is 12.7. The highest BCUT2D eigenvalue weighted by atomic mass is 35.5. The second-order valence-electron chi connectivity index (χ2n) is 3.44. The van der Waals surface area contributed by atoms with Crippen LogP contribution in [0.2, 0.25) is 0 Å². The summed E-state index contributed by atoms with van der Waals surface area (Å²) in [5, 5.41) is 5.20. The van der Waals surface area contributed by atoms with E-state index in [4.69, 9.17) is 0 Å². The summed E-state index contributed by atoms with van der Waals surface area (Å²) < 4.78 is 1.66. The van der Waals surface area contributed by atoms with E-state index in [0.717, 1.165) is 0 Å². The van der Waals surface area contributed by atoms with Crippen LogP contribution in [-0.2, 0) is 11.3 Å². The number of hydrogen-bond donors (Lipinski definition) is 2. The van der Waals surface area contributed by atoms with E-state index in [0.29, 0.717) is 12.1 Å². The van der Waals surface area contributed by atoms with E-state index in [1.54, 1.807) is 42.2 Å². The topological polar surface area (TPSA) is 62.1 Å². The van der Waals surface area contributed by atoms with Crippen LogP contribution in [0.4, 0.5) is 0 Å². The maximum absolute atomic E-state index is 11.4. The van der Waals surface area contributed by atoms with E-state index in [1.165, 1.54) is 0 Å². The number of carbonyl (C=O) groups excluding carboxylic acids is 2. The van der Waals surface area contributed by atoms with Gasteiger partial charge in [-0.2, -0.15) is 4.57 Å². The average molecular weight is 270 g/mol. The molecular weight excluding hydrogens is 254 g/mol. The van der Waals surface area contributed by atoms with Crippen LogP contribution in [0.5, 0.6) is 0 Å². The van der Waals surface area contributed by atoms with Gasteiger partial charge in [-0.25, -0.2) is 0 Å². The lowest BCUT2D eigenvalue weighted by Gasteiger charge is -2.01. The largest absolute Gasteiger partial charge is 1.00 e. The van der Waals surface area contributed by atoms with Gasteiger partial charge in [-0.05, 0) is 6.07 Å². The fourth-order valence-corrected chi connectivity index (χ4v) is 1.31. The number of nitrogens with zero attached hydrogens (tertiary/aromatic N) is 1. The van der Waals surface area contributed by atoms with Gasteiger partial charge in [0, 0.05) is 19.7 Å². The van der Waals surface area contributed by atoms with Gasteiger partial charge < -0.3 is 23.0 Å². The van der Waals surface area contributed by atoms with Gasteiger partial charge in [0.1, 0.15) is 5.56 Å². The van der Waals surface area contributed by atoms with Gasteiger partial charge in [-0.15, -0.1) is 6.58 Å². The molecule has 6 heteroatoms. The molecule has 5 nitrogen and oxygen atoms in total. The molecule has 0 saturated heterocycles. The molecule has 18 heavy (non-hydrogen) atoms. The Bertz CT molecular complexity index is 435. The highest BCUT2D eigenvalue weighted by Gasteiger charge is 2.11. The van der Waals surface area contributed by atoms with Crippen LogP contribution in [0.25, 0.3) is 0 Å². The van der Waals surface area contributed by atoms with Crippen molar-refractivity contribution in [1.82, 2.24) is 10.6 Å². The molecule has 0 atom stereocenters. The van der Waals surface area contributed by atoms with Gasteiger partial charge in [0.05, 0.1) is 0 Å². The maximum Gasteiger partial charge on any atom is 0.286 e. The molecule has 0 spiro atoms. The van der Waals surface area contributed by atoms with Crippen molar-refractivity contribution in [3.05, 3.63) is 42.7 Å². The first kappa shape index (κ1) is 16.1. The molecule has 0 fully saturated rings.